The molecule has 0 atom stereocenters. The molecule has 0 spiro atoms. The Morgan fingerprint density at radius 2 is 2.14 bits per heavy atom. The lowest BCUT2D eigenvalue weighted by Gasteiger charge is -1.92. The number of aromatic nitrogens is 1. The Hall–Kier alpha value is -1.39. The fourth-order valence-corrected chi connectivity index (χ4v) is 1.34. The van der Waals surface area contributed by atoms with E-state index >= 15 is 0 Å². The number of nitrogens with one attached hydrogen (secondary N) is 1. The topological polar surface area (TPSA) is 152 Å². The van der Waals surface area contributed by atoms with Crippen molar-refractivity contribution in [2.75, 3.05) is 0 Å². The summed E-state index contributed by atoms with van der Waals surface area (Å²) >= 11 is 0.977. The molecule has 0 radical (unpaired) electrons. The Morgan fingerprint density at radius 1 is 1.64 bits per heavy atom. The first kappa shape index (κ1) is 12.6. The number of hydrogen-bond acceptors (Lipinski definition) is 6. The summed E-state index contributed by atoms with van der Waals surface area (Å²) in [6.45, 7) is 0. The van der Waals surface area contributed by atoms with E-state index in [0.29, 0.717) is 0 Å². The number of nitrogens with zero attached hydrogens (tertiary/aromatic N) is 1. The average Bonchev–Trinajstić information content (AvgIpc) is 2.33. The molecule has 0 saturated heterocycles. The van der Waals surface area contributed by atoms with E-state index in [1.165, 1.54) is 11.6 Å². The zero-order valence-corrected chi connectivity index (χ0v) is 8.38. The molecule has 80 valence electrons. The van der Waals surface area contributed by atoms with Gasteiger partial charge < -0.3 is 15.7 Å². The van der Waals surface area contributed by atoms with Gasteiger partial charge in [-0.05, 0) is 0 Å². The largest absolute Gasteiger partial charge is 0.448 e. The van der Waals surface area contributed by atoms with Crippen LogP contribution in [0.15, 0.2) is 11.6 Å². The molecular formula is C4H8N4O4S2. The molecule has 6 N–H and O–H groups in total. The third-order valence-corrected chi connectivity index (χ3v) is 1.71. The summed E-state index contributed by atoms with van der Waals surface area (Å²) in [5.41, 5.74) is 8.94. The van der Waals surface area contributed by atoms with Crippen molar-refractivity contribution >= 4 is 27.7 Å². The quantitative estimate of drug-likeness (QED) is 0.299. The van der Waals surface area contributed by atoms with E-state index < -0.39 is 10.4 Å². The molecule has 0 aromatic carbocycles. The monoisotopic (exact) mass is 240 g/mol. The summed E-state index contributed by atoms with van der Waals surface area (Å²) in [6, 6.07) is 0. The zero-order chi connectivity index (χ0) is 11.2. The summed E-state index contributed by atoms with van der Waals surface area (Å²) < 4.78 is 32.1. The van der Waals surface area contributed by atoms with Crippen molar-refractivity contribution in [2.45, 2.75) is 0 Å². The lowest BCUT2D eigenvalue weighted by Crippen LogP contribution is -2.20. The van der Waals surface area contributed by atoms with Crippen LogP contribution in [0, 0.1) is 5.41 Å². The molecule has 14 heavy (non-hydrogen) atoms. The van der Waals surface area contributed by atoms with Crippen LogP contribution in [0.4, 0.5) is 0 Å². The first-order chi connectivity index (χ1) is 6.31. The third-order valence-electron chi connectivity index (χ3n) is 0.586. The van der Waals surface area contributed by atoms with Gasteiger partial charge in [-0.1, -0.05) is 11.3 Å². The number of guanidine groups is 1. The first-order valence-electron chi connectivity index (χ1n) is 2.97. The predicted molar refractivity (Wildman–Crippen MR) is 50.4 cm³/mol. The summed E-state index contributed by atoms with van der Waals surface area (Å²) in [6.07, 6.45) is 1.37. The van der Waals surface area contributed by atoms with Crippen LogP contribution in [0.5, 0.6) is 5.19 Å². The van der Waals surface area contributed by atoms with E-state index in [4.69, 9.17) is 9.96 Å². The highest BCUT2D eigenvalue weighted by atomic mass is 32.3. The van der Waals surface area contributed by atoms with Crippen molar-refractivity contribution in [1.82, 2.24) is 4.98 Å². The van der Waals surface area contributed by atoms with Gasteiger partial charge in [-0.15, -0.1) is 0 Å². The molecule has 1 aromatic rings. The number of rotatable bonds is 2. The standard InChI is InChI=1S/C3H3NO4S2.CH5N3/c5-10(6,7)8-3-4-1-2-9-3;2-1(3)4/h1-2H,(H,5,6,7);(H5,2,3,4). The Morgan fingerprint density at radius 3 is 2.43 bits per heavy atom. The number of thiazole rings is 1. The van der Waals surface area contributed by atoms with E-state index in [-0.39, 0.29) is 11.2 Å². The summed E-state index contributed by atoms with van der Waals surface area (Å²) in [4.78, 5) is 3.46. The van der Waals surface area contributed by atoms with Gasteiger partial charge in [0.25, 0.3) is 5.19 Å². The first-order valence-corrected chi connectivity index (χ1v) is 5.21. The highest BCUT2D eigenvalue weighted by Crippen LogP contribution is 2.14. The van der Waals surface area contributed by atoms with Gasteiger partial charge in [0.15, 0.2) is 5.96 Å². The van der Waals surface area contributed by atoms with E-state index in [0.717, 1.165) is 11.3 Å². The van der Waals surface area contributed by atoms with Gasteiger partial charge in [-0.3, -0.25) is 9.96 Å². The van der Waals surface area contributed by atoms with Crippen LogP contribution >= 0.6 is 11.3 Å². The summed E-state index contributed by atoms with van der Waals surface area (Å²) in [5, 5.41) is 7.49. The maximum absolute atomic E-state index is 10.00. The van der Waals surface area contributed by atoms with Crippen molar-refractivity contribution in [3.8, 4) is 5.19 Å². The lowest BCUT2D eigenvalue weighted by atomic mass is 11.0. The molecule has 1 aromatic heterocycles. The molecule has 0 bridgehead atoms. The fourth-order valence-electron chi connectivity index (χ4n) is 0.342. The van der Waals surface area contributed by atoms with Gasteiger partial charge in [0.05, 0.1) is 0 Å². The van der Waals surface area contributed by atoms with Crippen molar-refractivity contribution in [3.63, 3.8) is 0 Å². The van der Waals surface area contributed by atoms with Crippen LogP contribution in [-0.2, 0) is 10.4 Å². The van der Waals surface area contributed by atoms with Crippen LogP contribution < -0.4 is 15.7 Å². The Balaban J connectivity index is 0.000000364. The maximum atomic E-state index is 10.00. The molecule has 0 aliphatic carbocycles. The third kappa shape index (κ3) is 8.70. The normalized spacial score (nSPS) is 9.79. The minimum absolute atomic E-state index is 0.0949. The molecule has 0 saturated carbocycles. The molecule has 1 rings (SSSR count). The van der Waals surface area contributed by atoms with Gasteiger partial charge >= 0.3 is 10.4 Å². The Labute approximate surface area is 84.0 Å². The van der Waals surface area contributed by atoms with Gasteiger partial charge in [0.1, 0.15) is 0 Å². The summed E-state index contributed by atoms with van der Waals surface area (Å²) in [5.74, 6) is -0.333. The number of hydrogen-bond donors (Lipinski definition) is 4. The molecule has 1 heterocycles. The van der Waals surface area contributed by atoms with Gasteiger partial charge in [-0.25, -0.2) is 4.98 Å². The molecule has 0 unspecified atom stereocenters. The average molecular weight is 240 g/mol. The predicted octanol–water partition coefficient (Wildman–Crippen LogP) is -0.837. The second-order valence-corrected chi connectivity index (χ2v) is 3.64. The van der Waals surface area contributed by atoms with Crippen LogP contribution in [-0.4, -0.2) is 23.9 Å². The van der Waals surface area contributed by atoms with E-state index in [1.807, 2.05) is 0 Å². The lowest BCUT2D eigenvalue weighted by molar-refractivity contribution is 0.386. The molecule has 0 aliphatic rings. The minimum Gasteiger partial charge on any atom is -0.370 e. The van der Waals surface area contributed by atoms with Gasteiger partial charge in [-0.2, -0.15) is 8.42 Å². The van der Waals surface area contributed by atoms with Crippen LogP contribution in [0.1, 0.15) is 0 Å². The van der Waals surface area contributed by atoms with Crippen molar-refractivity contribution in [2.24, 2.45) is 11.5 Å². The van der Waals surface area contributed by atoms with Crippen LogP contribution in [0.2, 0.25) is 0 Å². The molecule has 8 nitrogen and oxygen atoms in total. The number of nitrogens with two attached hydrogens (primary N) is 2. The van der Waals surface area contributed by atoms with Crippen molar-refractivity contribution < 1.29 is 17.2 Å². The van der Waals surface area contributed by atoms with Gasteiger partial charge in [0.2, 0.25) is 0 Å². The molecule has 0 fully saturated rings. The van der Waals surface area contributed by atoms with Crippen LogP contribution in [0.3, 0.4) is 0 Å². The maximum Gasteiger partial charge on any atom is 0.448 e. The molecule has 0 aliphatic heterocycles. The molecular weight excluding hydrogens is 232 g/mol. The Kier molecular flexibility index (Phi) is 4.83. The second-order valence-electron chi connectivity index (χ2n) is 1.76. The molecule has 0 amide bonds. The van der Waals surface area contributed by atoms with Crippen molar-refractivity contribution in [3.05, 3.63) is 11.6 Å². The molecule has 10 heteroatoms. The summed E-state index contributed by atoms with van der Waals surface area (Å²) in [7, 11) is -4.40. The van der Waals surface area contributed by atoms with Gasteiger partial charge in [0, 0.05) is 11.6 Å². The van der Waals surface area contributed by atoms with Crippen molar-refractivity contribution in [1.29, 1.82) is 5.41 Å². The SMILES string of the molecule is N=C(N)N.O=S(=O)(O)Oc1nccs1. The zero-order valence-electron chi connectivity index (χ0n) is 6.75. The van der Waals surface area contributed by atoms with E-state index in [2.05, 4.69) is 20.6 Å². The van der Waals surface area contributed by atoms with E-state index in [9.17, 15) is 8.42 Å². The van der Waals surface area contributed by atoms with Crippen LogP contribution in [0.25, 0.3) is 0 Å². The smallest absolute Gasteiger partial charge is 0.370 e. The fraction of sp³-hybridized carbons (Fsp3) is 0. The Bertz CT molecular complexity index is 368. The second kappa shape index (κ2) is 5.36. The minimum atomic E-state index is -4.40. The van der Waals surface area contributed by atoms with E-state index in [1.54, 1.807) is 0 Å². The highest BCUT2D eigenvalue weighted by Gasteiger charge is 2.07. The highest BCUT2D eigenvalue weighted by molar-refractivity contribution is 7.81.